The number of ether oxygens (including phenoxy) is 4. The maximum atomic E-state index is 12.9. The Bertz CT molecular complexity index is 1590. The highest BCUT2D eigenvalue weighted by atomic mass is 28.3. The minimum absolute atomic E-state index is 0.343. The van der Waals surface area contributed by atoms with Crippen LogP contribution in [-0.2, 0) is 19.1 Å². The third kappa shape index (κ3) is 11.0. The Kier molecular flexibility index (Phi) is 13.2. The largest absolute Gasteiger partial charge is 0.463 e. The van der Waals surface area contributed by atoms with Crippen molar-refractivity contribution >= 4 is 50.4 Å². The molecule has 0 fully saturated rings. The molecule has 47 heavy (non-hydrogen) atoms. The van der Waals surface area contributed by atoms with Crippen LogP contribution in [0.5, 0.6) is 11.5 Å². The maximum Gasteiger partial charge on any atom is 0.343 e. The highest BCUT2D eigenvalue weighted by Crippen LogP contribution is 2.25. The molecule has 3 rings (SSSR count). The van der Waals surface area contributed by atoms with Crippen LogP contribution in [0.25, 0.3) is 0 Å². The number of rotatable bonds is 16. The fourth-order valence-electron chi connectivity index (χ4n) is 5.02. The third-order valence-corrected chi connectivity index (χ3v) is 15.1. The molecular weight excluding hydrogens is 629 g/mol. The topological polar surface area (TPSA) is 105 Å². The summed E-state index contributed by atoms with van der Waals surface area (Å²) in [6.45, 7) is 18.3. The lowest BCUT2D eigenvalue weighted by molar-refractivity contribution is -0.138. The van der Waals surface area contributed by atoms with Crippen molar-refractivity contribution in [2.75, 3.05) is 13.2 Å². The summed E-state index contributed by atoms with van der Waals surface area (Å²) in [4.78, 5) is 48.3. The van der Waals surface area contributed by atoms with Crippen LogP contribution >= 0.6 is 0 Å². The van der Waals surface area contributed by atoms with Crippen LogP contribution < -0.4 is 19.8 Å². The lowest BCUT2D eigenvalue weighted by Crippen LogP contribution is -2.41. The zero-order valence-corrected chi connectivity index (χ0v) is 29.9. The quantitative estimate of drug-likeness (QED) is 0.0558. The molecule has 0 atom stereocenters. The molecular formula is C37H44O8Si2. The normalized spacial score (nSPS) is 11.3. The average Bonchev–Trinajstić information content (AvgIpc) is 3.06. The highest BCUT2D eigenvalue weighted by molar-refractivity contribution is 6.90. The predicted molar refractivity (Wildman–Crippen MR) is 189 cm³/mol. The molecule has 0 spiro atoms. The minimum Gasteiger partial charge on any atom is -0.463 e. The smallest absolute Gasteiger partial charge is 0.343 e. The van der Waals surface area contributed by atoms with E-state index in [0.29, 0.717) is 41.4 Å². The Morgan fingerprint density at radius 3 is 1.47 bits per heavy atom. The summed E-state index contributed by atoms with van der Waals surface area (Å²) >= 11 is 0. The molecule has 0 heterocycles. The second-order valence-corrected chi connectivity index (χ2v) is 22.3. The van der Waals surface area contributed by atoms with Gasteiger partial charge in [0.1, 0.15) is 11.5 Å². The van der Waals surface area contributed by atoms with Crippen molar-refractivity contribution in [2.45, 2.75) is 58.0 Å². The number of hydrogen-bond acceptors (Lipinski definition) is 8. The molecule has 0 saturated carbocycles. The second-order valence-electron chi connectivity index (χ2n) is 12.6. The molecule has 8 nitrogen and oxygen atoms in total. The van der Waals surface area contributed by atoms with Crippen LogP contribution in [0.15, 0.2) is 92.0 Å². The number of aryl methyl sites for hydroxylation is 1. The van der Waals surface area contributed by atoms with Crippen LogP contribution in [0, 0.1) is 6.92 Å². The van der Waals surface area contributed by atoms with Gasteiger partial charge in [0, 0.05) is 12.2 Å². The Morgan fingerprint density at radius 2 is 1.06 bits per heavy atom. The van der Waals surface area contributed by atoms with E-state index in [2.05, 4.69) is 39.3 Å². The van der Waals surface area contributed by atoms with Crippen LogP contribution in [0.3, 0.4) is 0 Å². The fraction of sp³-hybridized carbons (Fsp3) is 0.297. The molecule has 0 aliphatic carbocycles. The first-order chi connectivity index (χ1) is 22.3. The Balaban J connectivity index is 1.55. The van der Waals surface area contributed by atoms with Gasteiger partial charge in [-0.2, -0.15) is 0 Å². The zero-order valence-electron chi connectivity index (χ0n) is 27.9. The molecule has 0 aromatic heterocycles. The fourth-order valence-corrected chi connectivity index (χ4v) is 9.79. The van der Waals surface area contributed by atoms with Crippen LogP contribution in [0.1, 0.15) is 39.1 Å². The minimum atomic E-state index is -1.79. The first kappa shape index (κ1) is 36.9. The van der Waals surface area contributed by atoms with Crippen molar-refractivity contribution in [3.05, 3.63) is 109 Å². The van der Waals surface area contributed by atoms with Gasteiger partial charge in [0.25, 0.3) is 0 Å². The summed E-state index contributed by atoms with van der Waals surface area (Å²) < 4.78 is 21.4. The van der Waals surface area contributed by atoms with E-state index in [9.17, 15) is 19.2 Å². The molecule has 0 unspecified atom stereocenters. The van der Waals surface area contributed by atoms with Crippen molar-refractivity contribution in [1.29, 1.82) is 0 Å². The molecule has 0 aliphatic heterocycles. The number of carbonyl (C=O) groups excluding carboxylic acids is 4. The van der Waals surface area contributed by atoms with Gasteiger partial charge in [-0.3, -0.25) is 0 Å². The molecule has 0 N–H and O–H groups in total. The summed E-state index contributed by atoms with van der Waals surface area (Å²) in [5, 5.41) is 2.38. The lowest BCUT2D eigenvalue weighted by Gasteiger charge is -2.23. The molecule has 10 heteroatoms. The number of benzene rings is 3. The van der Waals surface area contributed by atoms with Gasteiger partial charge in [0.2, 0.25) is 0 Å². The lowest BCUT2D eigenvalue weighted by atomic mass is 10.2. The van der Waals surface area contributed by atoms with Crippen LogP contribution in [0.4, 0.5) is 0 Å². The van der Waals surface area contributed by atoms with Crippen molar-refractivity contribution in [3.63, 3.8) is 0 Å². The summed E-state index contributed by atoms with van der Waals surface area (Å²) in [7, 11) is -3.59. The Morgan fingerprint density at radius 1 is 0.638 bits per heavy atom. The molecule has 0 amide bonds. The summed E-state index contributed by atoms with van der Waals surface area (Å²) in [6, 6.07) is 21.7. The van der Waals surface area contributed by atoms with Crippen molar-refractivity contribution in [1.82, 2.24) is 0 Å². The molecule has 3 aromatic rings. The third-order valence-electron chi connectivity index (χ3n) is 8.08. The van der Waals surface area contributed by atoms with E-state index in [4.69, 9.17) is 18.9 Å². The van der Waals surface area contributed by atoms with Gasteiger partial charge in [0.05, 0.1) is 40.5 Å². The van der Waals surface area contributed by atoms with Crippen LogP contribution in [0.2, 0.25) is 38.3 Å². The van der Waals surface area contributed by atoms with Gasteiger partial charge >= 0.3 is 23.9 Å². The first-order valence-corrected chi connectivity index (χ1v) is 22.0. The Labute approximate surface area is 279 Å². The van der Waals surface area contributed by atoms with Crippen molar-refractivity contribution < 1.29 is 38.1 Å². The van der Waals surface area contributed by atoms with E-state index in [1.807, 2.05) is 24.3 Å². The maximum absolute atomic E-state index is 12.9. The zero-order chi connectivity index (χ0) is 34.6. The monoisotopic (exact) mass is 672 g/mol. The van der Waals surface area contributed by atoms with Gasteiger partial charge in [-0.15, -0.1) is 0 Å². The molecule has 0 saturated heterocycles. The average molecular weight is 673 g/mol. The number of hydrogen-bond donors (Lipinski definition) is 0. The Hall–Kier alpha value is -4.55. The van der Waals surface area contributed by atoms with E-state index in [0.717, 1.165) is 37.1 Å². The molecule has 0 radical (unpaired) electrons. The molecule has 0 bridgehead atoms. The predicted octanol–water partition coefficient (Wildman–Crippen LogP) is 6.50. The standard InChI is InChI=1S/C37H44O8Si2/c1-8-34(38)42-22-10-24-46(4,5)31-17-12-28(13-18-31)36(40)44-30-16-21-33(27(3)26-30)45-37(41)29-14-19-32(20-15-29)47(6,7)25-11-23-43-35(39)9-2/h8-9,12-21,26H,1-2,10-11,22-25H2,3-7H3. The van der Waals surface area contributed by atoms with E-state index in [-0.39, 0.29) is 0 Å². The summed E-state index contributed by atoms with van der Waals surface area (Å²) in [5.41, 5.74) is 1.50. The molecule has 0 aliphatic rings. The van der Waals surface area contributed by atoms with E-state index >= 15 is 0 Å². The highest BCUT2D eigenvalue weighted by Gasteiger charge is 2.25. The SMILES string of the molecule is C=CC(=O)OCCC[Si](C)(C)c1ccc(C(=O)Oc2ccc(OC(=O)c3ccc([Si](C)(C)CCCOC(=O)C=C)cc3)c(C)c2)cc1. The van der Waals surface area contributed by atoms with E-state index < -0.39 is 40.0 Å². The molecule has 3 aromatic carbocycles. The molecule has 248 valence electrons. The second kappa shape index (κ2) is 16.8. The van der Waals surface area contributed by atoms with Gasteiger partial charge in [-0.1, -0.05) is 86.1 Å². The van der Waals surface area contributed by atoms with Crippen molar-refractivity contribution in [3.8, 4) is 11.5 Å². The van der Waals surface area contributed by atoms with Crippen molar-refractivity contribution in [2.24, 2.45) is 0 Å². The van der Waals surface area contributed by atoms with Gasteiger partial charge < -0.3 is 18.9 Å². The van der Waals surface area contributed by atoms with E-state index in [1.165, 1.54) is 10.4 Å². The van der Waals surface area contributed by atoms with Crippen LogP contribution in [-0.4, -0.2) is 53.2 Å². The van der Waals surface area contributed by atoms with Gasteiger partial charge in [-0.05, 0) is 67.8 Å². The van der Waals surface area contributed by atoms with E-state index in [1.54, 1.807) is 49.4 Å². The first-order valence-electron chi connectivity index (χ1n) is 15.6. The number of carbonyl (C=O) groups is 4. The van der Waals surface area contributed by atoms with Gasteiger partial charge in [0.15, 0.2) is 0 Å². The summed E-state index contributed by atoms with van der Waals surface area (Å²) in [5.74, 6) is -1.08. The summed E-state index contributed by atoms with van der Waals surface area (Å²) in [6.07, 6.45) is 3.85. The number of esters is 4. The van der Waals surface area contributed by atoms with Gasteiger partial charge in [-0.25, -0.2) is 19.2 Å².